The van der Waals surface area contributed by atoms with Gasteiger partial charge >= 0.3 is 0 Å². The highest BCUT2D eigenvalue weighted by Gasteiger charge is 2.21. The maximum absolute atomic E-state index is 13.0. The molecule has 0 aliphatic carbocycles. The number of nitrogens with zero attached hydrogens (tertiary/aromatic N) is 3. The maximum atomic E-state index is 13.0. The molecule has 0 saturated carbocycles. The minimum atomic E-state index is -3.84. The number of hydrogen-bond donors (Lipinski definition) is 2. The summed E-state index contributed by atoms with van der Waals surface area (Å²) in [6, 6.07) is 14.1. The third-order valence-electron chi connectivity index (χ3n) is 5.67. The number of benzene rings is 2. The molecule has 2 N–H and O–H groups in total. The molecule has 180 valence electrons. The van der Waals surface area contributed by atoms with Gasteiger partial charge in [-0.15, -0.1) is 4.40 Å². The van der Waals surface area contributed by atoms with Crippen LogP contribution in [0.15, 0.2) is 76.3 Å². The van der Waals surface area contributed by atoms with E-state index in [1.165, 1.54) is 36.7 Å². The first-order valence-electron chi connectivity index (χ1n) is 11.0. The van der Waals surface area contributed by atoms with E-state index in [9.17, 15) is 18.0 Å². The molecule has 1 aliphatic heterocycles. The number of rotatable bonds is 6. The Hall–Kier alpha value is -4.05. The average Bonchev–Trinajstić information content (AvgIpc) is 3.24. The topological polar surface area (TPSA) is 121 Å². The predicted molar refractivity (Wildman–Crippen MR) is 134 cm³/mol. The molecule has 1 saturated heterocycles. The number of nitrogens with one attached hydrogen (secondary N) is 2. The van der Waals surface area contributed by atoms with Crippen molar-refractivity contribution in [3.63, 3.8) is 0 Å². The van der Waals surface area contributed by atoms with Crippen LogP contribution in [-0.2, 0) is 10.0 Å². The lowest BCUT2D eigenvalue weighted by Crippen LogP contribution is -2.20. The highest BCUT2D eigenvalue weighted by atomic mass is 32.2. The van der Waals surface area contributed by atoms with Crippen molar-refractivity contribution in [3.8, 4) is 0 Å². The Kier molecular flexibility index (Phi) is 6.92. The van der Waals surface area contributed by atoms with Gasteiger partial charge in [-0.1, -0.05) is 12.1 Å². The van der Waals surface area contributed by atoms with Crippen LogP contribution in [0.3, 0.4) is 0 Å². The molecule has 2 aromatic carbocycles. The molecule has 0 spiro atoms. The molecule has 4 rings (SSSR count). The minimum Gasteiger partial charge on any atom is -0.362 e. The predicted octanol–water partition coefficient (Wildman–Crippen LogP) is 3.71. The second kappa shape index (κ2) is 10.1. The van der Waals surface area contributed by atoms with Gasteiger partial charge in [-0.3, -0.25) is 14.6 Å². The number of aromatic nitrogens is 1. The second-order valence-corrected chi connectivity index (χ2v) is 9.78. The molecule has 2 amide bonds. The molecule has 3 aromatic rings. The lowest BCUT2D eigenvalue weighted by atomic mass is 10.1. The lowest BCUT2D eigenvalue weighted by molar-refractivity contribution is 0.102. The molecular formula is C25H25N5O4S. The van der Waals surface area contributed by atoms with E-state index in [1.54, 1.807) is 37.3 Å². The monoisotopic (exact) mass is 491 g/mol. The van der Waals surface area contributed by atoms with E-state index in [2.05, 4.69) is 20.0 Å². The summed E-state index contributed by atoms with van der Waals surface area (Å²) < 4.78 is 29.2. The van der Waals surface area contributed by atoms with Gasteiger partial charge < -0.3 is 15.5 Å². The van der Waals surface area contributed by atoms with Crippen LogP contribution in [0.1, 0.15) is 39.1 Å². The van der Waals surface area contributed by atoms with Gasteiger partial charge in [-0.2, -0.15) is 8.42 Å². The molecule has 1 aliphatic rings. The molecule has 0 radical (unpaired) electrons. The minimum absolute atomic E-state index is 0.0455. The number of carbonyl (C=O) groups excluding carboxylic acids is 2. The summed E-state index contributed by atoms with van der Waals surface area (Å²) in [5.74, 6) is -0.259. The second-order valence-electron chi connectivity index (χ2n) is 8.17. The number of aryl methyl sites for hydroxylation is 1. The van der Waals surface area contributed by atoms with Crippen molar-refractivity contribution in [1.82, 2.24) is 9.88 Å². The number of amidine groups is 1. The summed E-state index contributed by atoms with van der Waals surface area (Å²) in [5.41, 5.74) is 2.21. The zero-order valence-electron chi connectivity index (χ0n) is 19.4. The molecule has 35 heavy (non-hydrogen) atoms. The van der Waals surface area contributed by atoms with Crippen LogP contribution < -0.4 is 10.6 Å². The Bertz CT molecular complexity index is 1390. The van der Waals surface area contributed by atoms with Crippen molar-refractivity contribution in [1.29, 1.82) is 0 Å². The van der Waals surface area contributed by atoms with Crippen molar-refractivity contribution < 1.29 is 18.0 Å². The molecule has 1 fully saturated rings. The zero-order chi connectivity index (χ0) is 25.0. The summed E-state index contributed by atoms with van der Waals surface area (Å²) >= 11 is 0. The fourth-order valence-corrected chi connectivity index (χ4v) is 4.82. The molecule has 0 atom stereocenters. The van der Waals surface area contributed by atoms with Crippen LogP contribution in [0.2, 0.25) is 0 Å². The third kappa shape index (κ3) is 5.55. The number of carbonyl (C=O) groups is 2. The Balaban J connectivity index is 1.51. The maximum Gasteiger partial charge on any atom is 0.283 e. The smallest absolute Gasteiger partial charge is 0.283 e. The zero-order valence-corrected chi connectivity index (χ0v) is 20.2. The van der Waals surface area contributed by atoms with Gasteiger partial charge in [0.25, 0.3) is 21.8 Å². The summed E-state index contributed by atoms with van der Waals surface area (Å²) in [7, 11) is -2.03. The molecule has 9 nitrogen and oxygen atoms in total. The average molecular weight is 492 g/mol. The van der Waals surface area contributed by atoms with E-state index in [-0.39, 0.29) is 16.4 Å². The number of amides is 2. The summed E-state index contributed by atoms with van der Waals surface area (Å²) in [6.45, 7) is 2.57. The van der Waals surface area contributed by atoms with E-state index >= 15 is 0 Å². The van der Waals surface area contributed by atoms with Crippen molar-refractivity contribution in [2.24, 2.45) is 4.40 Å². The molecule has 0 unspecified atom stereocenters. The van der Waals surface area contributed by atoms with E-state index in [0.29, 0.717) is 29.2 Å². The van der Waals surface area contributed by atoms with E-state index < -0.39 is 15.9 Å². The highest BCUT2D eigenvalue weighted by Crippen LogP contribution is 2.24. The van der Waals surface area contributed by atoms with Gasteiger partial charge in [0.1, 0.15) is 5.84 Å². The van der Waals surface area contributed by atoms with Gasteiger partial charge in [-0.25, -0.2) is 0 Å². The third-order valence-corrected chi connectivity index (χ3v) is 6.99. The van der Waals surface area contributed by atoms with Gasteiger partial charge in [0.2, 0.25) is 0 Å². The summed E-state index contributed by atoms with van der Waals surface area (Å²) in [6.07, 6.45) is 4.53. The Morgan fingerprint density at radius 2 is 1.69 bits per heavy atom. The molecule has 10 heteroatoms. The van der Waals surface area contributed by atoms with Crippen LogP contribution in [0, 0.1) is 6.92 Å². The summed E-state index contributed by atoms with van der Waals surface area (Å²) in [4.78, 5) is 31.5. The van der Waals surface area contributed by atoms with Crippen LogP contribution in [0.25, 0.3) is 0 Å². The first-order chi connectivity index (χ1) is 16.7. The van der Waals surface area contributed by atoms with Crippen LogP contribution in [0.5, 0.6) is 0 Å². The number of likely N-dealkylation sites (tertiary alicyclic amines) is 1. The van der Waals surface area contributed by atoms with Gasteiger partial charge in [0.05, 0.1) is 16.1 Å². The normalized spacial score (nSPS) is 14.7. The standard InChI is InChI=1S/C25H25N5O4S/c1-17-5-3-6-21(23(17)28-24(31)18-12-14-26-15-13-18)25(32)27-19-8-10-20(11-9-19)35(33,34)29-22-7-4-16-30(22)2/h3,5-6,8-15H,4,7,16H2,1-2H3,(H,27,32)(H,28,31)/b29-22+. The molecule has 2 heterocycles. The number of sulfonamides is 1. The van der Waals surface area contributed by atoms with Gasteiger partial charge in [-0.05, 0) is 61.4 Å². The molecular weight excluding hydrogens is 466 g/mol. The Morgan fingerprint density at radius 3 is 2.34 bits per heavy atom. The van der Waals surface area contributed by atoms with Crippen LogP contribution in [0.4, 0.5) is 11.4 Å². The summed E-state index contributed by atoms with van der Waals surface area (Å²) in [5, 5.41) is 5.56. The van der Waals surface area contributed by atoms with E-state index in [1.807, 2.05) is 11.9 Å². The van der Waals surface area contributed by atoms with E-state index in [0.717, 1.165) is 18.5 Å². The fraction of sp³-hybridized carbons (Fsp3) is 0.200. The number of para-hydroxylation sites is 1. The van der Waals surface area contributed by atoms with Crippen molar-refractivity contribution >= 4 is 39.0 Å². The van der Waals surface area contributed by atoms with Gasteiger partial charge in [0, 0.05) is 43.7 Å². The first kappa shape index (κ1) is 24.1. The Labute approximate surface area is 204 Å². The number of pyridine rings is 1. The van der Waals surface area contributed by atoms with E-state index in [4.69, 9.17) is 0 Å². The molecule has 1 aromatic heterocycles. The highest BCUT2D eigenvalue weighted by molar-refractivity contribution is 7.90. The van der Waals surface area contributed by atoms with Crippen molar-refractivity contribution in [2.45, 2.75) is 24.7 Å². The van der Waals surface area contributed by atoms with Crippen molar-refractivity contribution in [3.05, 3.63) is 83.7 Å². The Morgan fingerprint density at radius 1 is 0.971 bits per heavy atom. The van der Waals surface area contributed by atoms with Crippen molar-refractivity contribution in [2.75, 3.05) is 24.2 Å². The van der Waals surface area contributed by atoms with Crippen LogP contribution in [-0.4, -0.2) is 49.5 Å². The lowest BCUT2D eigenvalue weighted by Gasteiger charge is -2.14. The van der Waals surface area contributed by atoms with Gasteiger partial charge in [0.15, 0.2) is 0 Å². The quantitative estimate of drug-likeness (QED) is 0.542. The number of hydrogen-bond acceptors (Lipinski definition) is 5. The van der Waals surface area contributed by atoms with Crippen LogP contribution >= 0.6 is 0 Å². The SMILES string of the molecule is Cc1cccc(C(=O)Nc2ccc(S(=O)(=O)/N=C3\CCCN3C)cc2)c1NC(=O)c1ccncc1. The molecule has 0 bridgehead atoms. The fourth-order valence-electron chi connectivity index (χ4n) is 3.72. The number of anilines is 2. The largest absolute Gasteiger partial charge is 0.362 e. The first-order valence-corrected chi connectivity index (χ1v) is 12.5.